The minimum Gasteiger partial charge on any atom is -0.497 e. The fraction of sp³-hybridized carbons (Fsp3) is 0.158. The number of aryl methyl sites for hydroxylation is 2. The highest BCUT2D eigenvalue weighted by Crippen LogP contribution is 2.37. The highest BCUT2D eigenvalue weighted by Gasteiger charge is 2.34. The molecule has 122 valence electrons. The van der Waals surface area contributed by atoms with Crippen molar-refractivity contribution in [2.75, 3.05) is 12.0 Å². The Morgan fingerprint density at radius 3 is 2.71 bits per heavy atom. The van der Waals surface area contributed by atoms with E-state index in [0.717, 1.165) is 28.1 Å². The van der Waals surface area contributed by atoms with Crippen molar-refractivity contribution in [1.82, 2.24) is 0 Å². The third kappa shape index (κ3) is 3.23. The van der Waals surface area contributed by atoms with Crippen molar-refractivity contribution in [1.29, 1.82) is 0 Å². The van der Waals surface area contributed by atoms with Crippen molar-refractivity contribution in [3.05, 3.63) is 64.1 Å². The van der Waals surface area contributed by atoms with Crippen molar-refractivity contribution in [3.63, 3.8) is 0 Å². The molecule has 0 radical (unpaired) electrons. The molecule has 0 spiro atoms. The zero-order chi connectivity index (χ0) is 17.3. The van der Waals surface area contributed by atoms with Crippen LogP contribution in [0.1, 0.15) is 16.7 Å². The summed E-state index contributed by atoms with van der Waals surface area (Å²) in [7, 11) is 1.62. The molecular weight excluding hydrogens is 338 g/mol. The summed E-state index contributed by atoms with van der Waals surface area (Å²) >= 11 is 6.77. The standard InChI is InChI=1S/C19H17NO2S2/c1-12-7-8-13(2)16(9-12)20-18(21)17(24-19(20)23)11-14-5-4-6-15(10-14)22-3/h4-11H,1-3H3. The summed E-state index contributed by atoms with van der Waals surface area (Å²) in [5, 5.41) is 0. The Bertz CT molecular complexity index is 858. The predicted octanol–water partition coefficient (Wildman–Crippen LogP) is 4.72. The monoisotopic (exact) mass is 355 g/mol. The second-order valence-corrected chi connectivity index (χ2v) is 7.26. The lowest BCUT2D eigenvalue weighted by molar-refractivity contribution is -0.113. The lowest BCUT2D eigenvalue weighted by atomic mass is 10.1. The van der Waals surface area contributed by atoms with E-state index in [1.807, 2.05) is 62.4 Å². The predicted molar refractivity (Wildman–Crippen MR) is 105 cm³/mol. The highest BCUT2D eigenvalue weighted by atomic mass is 32.2. The van der Waals surface area contributed by atoms with Gasteiger partial charge in [-0.25, -0.2) is 0 Å². The smallest absolute Gasteiger partial charge is 0.270 e. The summed E-state index contributed by atoms with van der Waals surface area (Å²) in [5.74, 6) is 0.676. The summed E-state index contributed by atoms with van der Waals surface area (Å²) < 4.78 is 5.79. The van der Waals surface area contributed by atoms with Gasteiger partial charge in [-0.2, -0.15) is 0 Å². The first-order valence-corrected chi connectivity index (χ1v) is 8.71. The lowest BCUT2D eigenvalue weighted by Crippen LogP contribution is -2.28. The molecule has 0 aliphatic carbocycles. The Kier molecular flexibility index (Phi) is 4.73. The molecule has 24 heavy (non-hydrogen) atoms. The summed E-state index contributed by atoms with van der Waals surface area (Å²) in [4.78, 5) is 15.1. The van der Waals surface area contributed by atoms with Crippen molar-refractivity contribution in [2.24, 2.45) is 0 Å². The molecule has 3 nitrogen and oxygen atoms in total. The van der Waals surface area contributed by atoms with E-state index in [0.29, 0.717) is 9.23 Å². The van der Waals surface area contributed by atoms with Crippen LogP contribution in [0.5, 0.6) is 5.75 Å². The van der Waals surface area contributed by atoms with Gasteiger partial charge in [-0.1, -0.05) is 48.2 Å². The number of methoxy groups -OCH3 is 1. The van der Waals surface area contributed by atoms with Crippen LogP contribution in [-0.4, -0.2) is 17.3 Å². The van der Waals surface area contributed by atoms with Gasteiger partial charge in [-0.3, -0.25) is 9.69 Å². The number of thioether (sulfide) groups is 1. The van der Waals surface area contributed by atoms with Crippen molar-refractivity contribution in [2.45, 2.75) is 13.8 Å². The maximum Gasteiger partial charge on any atom is 0.270 e. The van der Waals surface area contributed by atoms with Crippen LogP contribution in [0.4, 0.5) is 5.69 Å². The number of anilines is 1. The van der Waals surface area contributed by atoms with Crippen LogP contribution in [0.25, 0.3) is 6.08 Å². The number of hydrogen-bond acceptors (Lipinski definition) is 4. The van der Waals surface area contributed by atoms with E-state index in [1.54, 1.807) is 12.0 Å². The van der Waals surface area contributed by atoms with E-state index in [2.05, 4.69) is 0 Å². The van der Waals surface area contributed by atoms with E-state index < -0.39 is 0 Å². The Morgan fingerprint density at radius 1 is 1.17 bits per heavy atom. The van der Waals surface area contributed by atoms with Crippen LogP contribution >= 0.6 is 24.0 Å². The van der Waals surface area contributed by atoms with Gasteiger partial charge in [0.25, 0.3) is 5.91 Å². The van der Waals surface area contributed by atoms with Gasteiger partial charge < -0.3 is 4.74 Å². The quantitative estimate of drug-likeness (QED) is 0.589. The van der Waals surface area contributed by atoms with Crippen LogP contribution in [0.3, 0.4) is 0 Å². The summed E-state index contributed by atoms with van der Waals surface area (Å²) in [5.41, 5.74) is 3.89. The number of hydrogen-bond donors (Lipinski definition) is 0. The first-order valence-electron chi connectivity index (χ1n) is 7.49. The molecule has 1 amide bonds. The fourth-order valence-electron chi connectivity index (χ4n) is 2.52. The van der Waals surface area contributed by atoms with Crippen LogP contribution in [0.2, 0.25) is 0 Å². The number of carbonyl (C=O) groups is 1. The molecule has 0 bridgehead atoms. The third-order valence-electron chi connectivity index (χ3n) is 3.79. The largest absolute Gasteiger partial charge is 0.497 e. The van der Waals surface area contributed by atoms with Gasteiger partial charge in [-0.05, 0) is 54.8 Å². The zero-order valence-electron chi connectivity index (χ0n) is 13.7. The van der Waals surface area contributed by atoms with E-state index >= 15 is 0 Å². The highest BCUT2D eigenvalue weighted by molar-refractivity contribution is 8.27. The second-order valence-electron chi connectivity index (χ2n) is 5.58. The summed E-state index contributed by atoms with van der Waals surface area (Å²) in [6, 6.07) is 13.6. The SMILES string of the molecule is COc1cccc(C=C2SC(=S)N(c3cc(C)ccc3C)C2=O)c1. The molecule has 2 aromatic carbocycles. The van der Waals surface area contributed by atoms with E-state index in [1.165, 1.54) is 11.8 Å². The average molecular weight is 355 g/mol. The Labute approximate surface area is 151 Å². The molecular formula is C19H17NO2S2. The van der Waals surface area contributed by atoms with Crippen LogP contribution in [0.15, 0.2) is 47.4 Å². The molecule has 0 saturated carbocycles. The molecule has 1 saturated heterocycles. The van der Waals surface area contributed by atoms with Crippen LogP contribution in [0, 0.1) is 13.8 Å². The Hall–Kier alpha value is -2.11. The Balaban J connectivity index is 1.97. The number of benzene rings is 2. The average Bonchev–Trinajstić information content (AvgIpc) is 2.84. The normalized spacial score (nSPS) is 16.1. The number of thiocarbonyl (C=S) groups is 1. The lowest BCUT2D eigenvalue weighted by Gasteiger charge is -2.17. The molecule has 1 heterocycles. The second kappa shape index (κ2) is 6.79. The molecule has 5 heteroatoms. The third-order valence-corrected chi connectivity index (χ3v) is 5.09. The van der Waals surface area contributed by atoms with Gasteiger partial charge in [0.1, 0.15) is 5.75 Å². The molecule has 2 aromatic rings. The van der Waals surface area contributed by atoms with E-state index in [-0.39, 0.29) is 5.91 Å². The first-order chi connectivity index (χ1) is 11.5. The molecule has 0 aromatic heterocycles. The molecule has 1 aliphatic heterocycles. The van der Waals surface area contributed by atoms with Gasteiger partial charge in [0.15, 0.2) is 4.32 Å². The molecule has 3 rings (SSSR count). The number of amides is 1. The summed E-state index contributed by atoms with van der Waals surface area (Å²) in [6.45, 7) is 3.99. The topological polar surface area (TPSA) is 29.5 Å². The molecule has 0 atom stereocenters. The molecule has 0 N–H and O–H groups in total. The van der Waals surface area contributed by atoms with Gasteiger partial charge >= 0.3 is 0 Å². The minimum atomic E-state index is -0.0819. The number of rotatable bonds is 3. The van der Waals surface area contributed by atoms with Gasteiger partial charge in [0.2, 0.25) is 0 Å². The molecule has 0 unspecified atom stereocenters. The maximum atomic E-state index is 12.9. The van der Waals surface area contributed by atoms with Gasteiger partial charge in [0.05, 0.1) is 17.7 Å². The number of nitrogens with zero attached hydrogens (tertiary/aromatic N) is 1. The number of ether oxygens (including phenoxy) is 1. The Morgan fingerprint density at radius 2 is 1.96 bits per heavy atom. The van der Waals surface area contributed by atoms with Crippen LogP contribution < -0.4 is 9.64 Å². The zero-order valence-corrected chi connectivity index (χ0v) is 15.3. The minimum absolute atomic E-state index is 0.0819. The molecule has 1 aliphatic rings. The van der Waals surface area contributed by atoms with E-state index in [4.69, 9.17) is 17.0 Å². The fourth-order valence-corrected chi connectivity index (χ4v) is 3.80. The summed E-state index contributed by atoms with van der Waals surface area (Å²) in [6.07, 6.45) is 1.85. The van der Waals surface area contributed by atoms with Crippen molar-refractivity contribution < 1.29 is 9.53 Å². The van der Waals surface area contributed by atoms with Gasteiger partial charge in [-0.15, -0.1) is 0 Å². The number of carbonyl (C=O) groups excluding carboxylic acids is 1. The molecule has 1 fully saturated rings. The van der Waals surface area contributed by atoms with Crippen molar-refractivity contribution >= 4 is 46.0 Å². The maximum absolute atomic E-state index is 12.9. The van der Waals surface area contributed by atoms with Crippen molar-refractivity contribution in [3.8, 4) is 5.75 Å². The van der Waals surface area contributed by atoms with Crippen LogP contribution in [-0.2, 0) is 4.79 Å². The van der Waals surface area contributed by atoms with E-state index in [9.17, 15) is 4.79 Å². The van der Waals surface area contributed by atoms with Gasteiger partial charge in [0, 0.05) is 0 Å². The first kappa shape index (κ1) is 16.7.